The van der Waals surface area contributed by atoms with E-state index in [1.54, 1.807) is 0 Å². The van der Waals surface area contributed by atoms with Crippen LogP contribution in [0.3, 0.4) is 0 Å². The molecule has 0 saturated heterocycles. The summed E-state index contributed by atoms with van der Waals surface area (Å²) in [5, 5.41) is 4.61. The molecule has 2 heteroatoms. The Balaban J connectivity index is 1.35. The second-order valence-corrected chi connectivity index (χ2v) is 10.6. The van der Waals surface area contributed by atoms with Crippen molar-refractivity contribution in [3.63, 3.8) is 0 Å². The molecule has 198 valence electrons. The lowest BCUT2D eigenvalue weighted by Crippen LogP contribution is -2.10. The molecular formula is C40H27NO. The third-order valence-electron chi connectivity index (χ3n) is 8.05. The molecule has 2 nitrogen and oxygen atoms in total. The first-order chi connectivity index (χ1) is 20.8. The van der Waals surface area contributed by atoms with E-state index in [4.69, 9.17) is 4.42 Å². The van der Waals surface area contributed by atoms with Crippen LogP contribution in [0.2, 0.25) is 0 Å². The van der Waals surface area contributed by atoms with Gasteiger partial charge in [-0.3, -0.25) is 0 Å². The van der Waals surface area contributed by atoms with Crippen LogP contribution in [0.1, 0.15) is 0 Å². The molecule has 0 spiro atoms. The van der Waals surface area contributed by atoms with Gasteiger partial charge in [0.2, 0.25) is 0 Å². The number of benzene rings is 7. The second kappa shape index (κ2) is 10.1. The van der Waals surface area contributed by atoms with Gasteiger partial charge in [-0.15, -0.1) is 0 Å². The van der Waals surface area contributed by atoms with Gasteiger partial charge in [-0.2, -0.15) is 0 Å². The fourth-order valence-corrected chi connectivity index (χ4v) is 6.06. The number of hydrogen-bond acceptors (Lipinski definition) is 2. The lowest BCUT2D eigenvalue weighted by atomic mass is 9.99. The van der Waals surface area contributed by atoms with E-state index in [-0.39, 0.29) is 0 Å². The smallest absolute Gasteiger partial charge is 0.136 e. The molecule has 0 fully saturated rings. The van der Waals surface area contributed by atoms with Crippen LogP contribution in [-0.2, 0) is 0 Å². The average molecular weight is 538 g/mol. The van der Waals surface area contributed by atoms with Gasteiger partial charge in [-0.1, -0.05) is 115 Å². The normalized spacial score (nSPS) is 11.3. The minimum absolute atomic E-state index is 0.891. The average Bonchev–Trinajstić information content (AvgIpc) is 3.45. The first-order valence-corrected chi connectivity index (χ1v) is 14.3. The molecule has 0 unspecified atom stereocenters. The van der Waals surface area contributed by atoms with E-state index in [1.807, 2.05) is 6.07 Å². The minimum atomic E-state index is 0.891. The molecule has 0 N–H and O–H groups in total. The highest BCUT2D eigenvalue weighted by Crippen LogP contribution is 2.44. The summed E-state index contributed by atoms with van der Waals surface area (Å²) in [5.41, 5.74) is 9.85. The zero-order chi connectivity index (χ0) is 27.9. The van der Waals surface area contributed by atoms with Crippen molar-refractivity contribution in [2.75, 3.05) is 4.90 Å². The Bertz CT molecular complexity index is 2160. The van der Waals surface area contributed by atoms with Crippen LogP contribution in [0, 0.1) is 0 Å². The van der Waals surface area contributed by atoms with Crippen LogP contribution >= 0.6 is 0 Å². The van der Waals surface area contributed by atoms with Crippen molar-refractivity contribution in [1.29, 1.82) is 0 Å². The molecule has 0 radical (unpaired) electrons. The summed E-state index contributed by atoms with van der Waals surface area (Å²) in [6, 6.07) is 57.8. The van der Waals surface area contributed by atoms with Gasteiger partial charge in [0.05, 0.1) is 5.69 Å². The Morgan fingerprint density at radius 2 is 0.976 bits per heavy atom. The maximum atomic E-state index is 6.52. The largest absolute Gasteiger partial charge is 0.456 e. The molecule has 8 rings (SSSR count). The zero-order valence-corrected chi connectivity index (χ0v) is 22.9. The Morgan fingerprint density at radius 3 is 1.69 bits per heavy atom. The summed E-state index contributed by atoms with van der Waals surface area (Å²) < 4.78 is 6.52. The molecule has 0 aliphatic carbocycles. The highest BCUT2D eigenvalue weighted by atomic mass is 16.3. The molecule has 42 heavy (non-hydrogen) atoms. The predicted molar refractivity (Wildman–Crippen MR) is 177 cm³/mol. The predicted octanol–water partition coefficient (Wildman–Crippen LogP) is 11.5. The molecule has 0 saturated carbocycles. The van der Waals surface area contributed by atoms with E-state index in [2.05, 4.69) is 163 Å². The third-order valence-corrected chi connectivity index (χ3v) is 8.05. The monoisotopic (exact) mass is 537 g/mol. The van der Waals surface area contributed by atoms with Crippen molar-refractivity contribution >= 4 is 49.8 Å². The van der Waals surface area contributed by atoms with Crippen LogP contribution in [0.15, 0.2) is 168 Å². The van der Waals surface area contributed by atoms with Crippen molar-refractivity contribution in [2.45, 2.75) is 0 Å². The number of nitrogens with zero attached hydrogens (tertiary/aromatic N) is 1. The maximum Gasteiger partial charge on any atom is 0.136 e. The van der Waals surface area contributed by atoms with E-state index in [9.17, 15) is 0 Å². The highest BCUT2D eigenvalue weighted by molar-refractivity contribution is 6.23. The summed E-state index contributed by atoms with van der Waals surface area (Å²) in [4.78, 5) is 2.35. The van der Waals surface area contributed by atoms with Crippen LogP contribution in [0.25, 0.3) is 55.0 Å². The quantitative estimate of drug-likeness (QED) is 0.217. The summed E-state index contributed by atoms with van der Waals surface area (Å²) in [6.45, 7) is 0. The number of hydrogen-bond donors (Lipinski definition) is 0. The van der Waals surface area contributed by atoms with Crippen molar-refractivity contribution in [3.05, 3.63) is 164 Å². The van der Waals surface area contributed by atoms with Gasteiger partial charge in [0.25, 0.3) is 0 Å². The SMILES string of the molecule is c1ccc(-c2ccc(N(c3ccccc3)c3cccc4ccc5oc6cc(-c7ccccc7)ccc6c5c34)cc2)cc1. The number of anilines is 3. The third kappa shape index (κ3) is 4.13. The summed E-state index contributed by atoms with van der Waals surface area (Å²) >= 11 is 0. The van der Waals surface area contributed by atoms with Gasteiger partial charge < -0.3 is 9.32 Å². The molecule has 7 aromatic carbocycles. The zero-order valence-electron chi connectivity index (χ0n) is 22.9. The highest BCUT2D eigenvalue weighted by Gasteiger charge is 2.20. The van der Waals surface area contributed by atoms with Crippen LogP contribution in [-0.4, -0.2) is 0 Å². The Hall–Kier alpha value is -5.60. The van der Waals surface area contributed by atoms with E-state index >= 15 is 0 Å². The topological polar surface area (TPSA) is 16.4 Å². The molecule has 0 atom stereocenters. The number of rotatable bonds is 5. The van der Waals surface area contributed by atoms with Crippen LogP contribution in [0.5, 0.6) is 0 Å². The van der Waals surface area contributed by atoms with Gasteiger partial charge >= 0.3 is 0 Å². The lowest BCUT2D eigenvalue weighted by molar-refractivity contribution is 0.669. The van der Waals surface area contributed by atoms with Gasteiger partial charge in [0, 0.05) is 27.5 Å². The van der Waals surface area contributed by atoms with Crippen molar-refractivity contribution in [2.24, 2.45) is 0 Å². The van der Waals surface area contributed by atoms with E-state index in [0.717, 1.165) is 44.6 Å². The molecule has 1 heterocycles. The Morgan fingerprint density at radius 1 is 0.381 bits per heavy atom. The molecule has 0 aliphatic rings. The second-order valence-electron chi connectivity index (χ2n) is 10.6. The number of furan rings is 1. The van der Waals surface area contributed by atoms with E-state index in [0.29, 0.717) is 0 Å². The van der Waals surface area contributed by atoms with Crippen LogP contribution in [0.4, 0.5) is 17.1 Å². The molecule has 0 bridgehead atoms. The van der Waals surface area contributed by atoms with E-state index < -0.39 is 0 Å². The van der Waals surface area contributed by atoms with Crippen molar-refractivity contribution in [3.8, 4) is 22.3 Å². The minimum Gasteiger partial charge on any atom is -0.456 e. The number of fused-ring (bicyclic) bond motifs is 5. The van der Waals surface area contributed by atoms with Gasteiger partial charge in [0.15, 0.2) is 0 Å². The molecule has 8 aromatic rings. The lowest BCUT2D eigenvalue weighted by Gasteiger charge is -2.27. The standard InChI is InChI=1S/C40H27NO/c1-4-11-28(12-5-1)30-19-23-34(24-20-30)41(33-16-8-3-9-17-33)36-18-10-15-31-22-26-37-40(39(31)36)35-25-21-32(27-38(35)42-37)29-13-6-2-7-14-29/h1-27H. The summed E-state index contributed by atoms with van der Waals surface area (Å²) in [6.07, 6.45) is 0. The van der Waals surface area contributed by atoms with Crippen molar-refractivity contribution < 1.29 is 4.42 Å². The maximum absolute atomic E-state index is 6.52. The van der Waals surface area contributed by atoms with Gasteiger partial charge in [0.1, 0.15) is 11.2 Å². The van der Waals surface area contributed by atoms with E-state index in [1.165, 1.54) is 27.5 Å². The van der Waals surface area contributed by atoms with Crippen LogP contribution < -0.4 is 4.90 Å². The van der Waals surface area contributed by atoms with Crippen molar-refractivity contribution in [1.82, 2.24) is 0 Å². The van der Waals surface area contributed by atoms with Gasteiger partial charge in [-0.05, 0) is 76.2 Å². The molecule has 0 aliphatic heterocycles. The summed E-state index contributed by atoms with van der Waals surface area (Å²) in [5.74, 6) is 0. The fraction of sp³-hybridized carbons (Fsp3) is 0. The fourth-order valence-electron chi connectivity index (χ4n) is 6.06. The molecular weight excluding hydrogens is 510 g/mol. The number of para-hydroxylation sites is 1. The Labute approximate surface area is 244 Å². The molecule has 0 amide bonds. The van der Waals surface area contributed by atoms with Gasteiger partial charge in [-0.25, -0.2) is 0 Å². The first-order valence-electron chi connectivity index (χ1n) is 14.3. The molecule has 1 aromatic heterocycles. The Kier molecular flexibility index (Phi) is 5.82. The first kappa shape index (κ1) is 24.2. The summed E-state index contributed by atoms with van der Waals surface area (Å²) in [7, 11) is 0.